The molecule has 2 atom stereocenters. The van der Waals surface area contributed by atoms with Crippen molar-refractivity contribution < 1.29 is 19.1 Å². The number of amides is 2. The Labute approximate surface area is 159 Å². The van der Waals surface area contributed by atoms with Crippen LogP contribution in [0.4, 0.5) is 5.69 Å². The van der Waals surface area contributed by atoms with E-state index in [2.05, 4.69) is 5.10 Å². The molecule has 3 rings (SSSR count). The summed E-state index contributed by atoms with van der Waals surface area (Å²) in [6.45, 7) is 3.74. The summed E-state index contributed by atoms with van der Waals surface area (Å²) < 4.78 is 5.21. The fraction of sp³-hybridized carbons (Fsp3) is 0.500. The molecule has 0 spiro atoms. The zero-order chi connectivity index (χ0) is 19.4. The number of benzene rings is 1. The minimum Gasteiger partial charge on any atom is -0.451 e. The van der Waals surface area contributed by atoms with Gasteiger partial charge in [0.15, 0.2) is 6.61 Å². The van der Waals surface area contributed by atoms with Crippen molar-refractivity contribution >= 4 is 29.2 Å². The van der Waals surface area contributed by atoms with Gasteiger partial charge in [0.05, 0.1) is 5.69 Å². The molecule has 1 fully saturated rings. The molecule has 2 amide bonds. The van der Waals surface area contributed by atoms with E-state index in [4.69, 9.17) is 4.74 Å². The van der Waals surface area contributed by atoms with E-state index in [1.165, 1.54) is 5.01 Å². The molecule has 2 heterocycles. The van der Waals surface area contributed by atoms with Crippen molar-refractivity contribution in [1.29, 1.82) is 0 Å². The van der Waals surface area contributed by atoms with Crippen LogP contribution in [-0.2, 0) is 19.1 Å². The highest BCUT2D eigenvalue weighted by Crippen LogP contribution is 2.23. The second-order valence-electron chi connectivity index (χ2n) is 7.09. The van der Waals surface area contributed by atoms with Gasteiger partial charge in [-0.25, -0.2) is 9.80 Å². The third kappa shape index (κ3) is 4.35. The highest BCUT2D eigenvalue weighted by atomic mass is 16.5. The molecular weight excluding hydrogens is 346 g/mol. The molecule has 0 unspecified atom stereocenters. The Morgan fingerprint density at radius 1 is 1.11 bits per heavy atom. The highest BCUT2D eigenvalue weighted by molar-refractivity contribution is 6.38. The van der Waals surface area contributed by atoms with Crippen LogP contribution in [0.5, 0.6) is 0 Å². The van der Waals surface area contributed by atoms with Crippen LogP contribution < -0.4 is 5.01 Å². The number of carbonyl (C=O) groups is 3. The molecule has 7 nitrogen and oxygen atoms in total. The Bertz CT molecular complexity index is 737. The number of esters is 1. The number of rotatable bonds is 4. The van der Waals surface area contributed by atoms with Crippen molar-refractivity contribution in [3.63, 3.8) is 0 Å². The van der Waals surface area contributed by atoms with E-state index in [0.717, 1.165) is 19.3 Å². The standard InChI is InChI=1S/C20H25N3O4/c1-14-7-6-8-15(2)22(14)19(25)13-27-20(26)17-11-12-18(24)23(21-17)16-9-4-3-5-10-16/h3-5,9-10,14-15H,6-8,11-13H2,1-2H3/t14-,15+. The van der Waals surface area contributed by atoms with Gasteiger partial charge in [0, 0.05) is 24.9 Å². The van der Waals surface area contributed by atoms with Crippen LogP contribution in [0.3, 0.4) is 0 Å². The number of para-hydroxylation sites is 1. The lowest BCUT2D eigenvalue weighted by Gasteiger charge is -2.38. The lowest BCUT2D eigenvalue weighted by molar-refractivity contribution is -0.150. The van der Waals surface area contributed by atoms with E-state index in [-0.39, 0.29) is 49.1 Å². The van der Waals surface area contributed by atoms with Crippen molar-refractivity contribution in [1.82, 2.24) is 4.90 Å². The number of hydrogen-bond acceptors (Lipinski definition) is 5. The number of likely N-dealkylation sites (tertiary alicyclic amines) is 1. The van der Waals surface area contributed by atoms with E-state index < -0.39 is 5.97 Å². The van der Waals surface area contributed by atoms with E-state index in [1.807, 2.05) is 19.9 Å². The molecule has 144 valence electrons. The first-order chi connectivity index (χ1) is 13.0. The van der Waals surface area contributed by atoms with Crippen molar-refractivity contribution in [2.24, 2.45) is 5.10 Å². The summed E-state index contributed by atoms with van der Waals surface area (Å²) in [5.41, 5.74) is 0.755. The Morgan fingerprint density at radius 2 is 1.78 bits per heavy atom. The fourth-order valence-corrected chi connectivity index (χ4v) is 3.67. The van der Waals surface area contributed by atoms with E-state index in [0.29, 0.717) is 5.69 Å². The molecule has 2 aliphatic rings. The van der Waals surface area contributed by atoms with Gasteiger partial charge in [0.2, 0.25) is 5.91 Å². The third-order valence-electron chi connectivity index (χ3n) is 5.08. The van der Waals surface area contributed by atoms with Gasteiger partial charge >= 0.3 is 5.97 Å². The lowest BCUT2D eigenvalue weighted by atomic mass is 9.97. The van der Waals surface area contributed by atoms with Crippen LogP contribution in [0, 0.1) is 0 Å². The van der Waals surface area contributed by atoms with Crippen molar-refractivity contribution in [2.75, 3.05) is 11.6 Å². The zero-order valence-electron chi connectivity index (χ0n) is 15.8. The first-order valence-corrected chi connectivity index (χ1v) is 9.41. The molecule has 1 aromatic rings. The summed E-state index contributed by atoms with van der Waals surface area (Å²) in [7, 11) is 0. The first kappa shape index (κ1) is 19.1. The maximum Gasteiger partial charge on any atom is 0.355 e. The molecule has 1 aromatic carbocycles. The summed E-state index contributed by atoms with van der Waals surface area (Å²) in [6, 6.07) is 9.23. The van der Waals surface area contributed by atoms with Crippen LogP contribution in [-0.4, -0.2) is 47.1 Å². The summed E-state index contributed by atoms with van der Waals surface area (Å²) in [6.07, 6.45) is 3.42. The smallest absolute Gasteiger partial charge is 0.355 e. The largest absolute Gasteiger partial charge is 0.451 e. The minimum atomic E-state index is -0.644. The molecule has 0 aromatic heterocycles. The van der Waals surface area contributed by atoms with Gasteiger partial charge in [0.25, 0.3) is 5.91 Å². The van der Waals surface area contributed by atoms with Crippen LogP contribution in [0.25, 0.3) is 0 Å². The molecule has 0 bridgehead atoms. The second-order valence-corrected chi connectivity index (χ2v) is 7.09. The number of hydrogen-bond donors (Lipinski definition) is 0. The molecule has 0 N–H and O–H groups in total. The van der Waals surface area contributed by atoms with Crippen molar-refractivity contribution in [2.45, 2.75) is 58.0 Å². The Hall–Kier alpha value is -2.70. The fourth-order valence-electron chi connectivity index (χ4n) is 3.67. The van der Waals surface area contributed by atoms with E-state index in [9.17, 15) is 14.4 Å². The Kier molecular flexibility index (Phi) is 5.88. The predicted octanol–water partition coefficient (Wildman–Crippen LogP) is 2.50. The molecule has 0 aliphatic carbocycles. The Morgan fingerprint density at radius 3 is 2.44 bits per heavy atom. The number of piperidine rings is 1. The van der Waals surface area contributed by atoms with Gasteiger partial charge in [0.1, 0.15) is 5.71 Å². The average Bonchev–Trinajstić information content (AvgIpc) is 2.67. The molecule has 0 radical (unpaired) electrons. The van der Waals surface area contributed by atoms with Gasteiger partial charge < -0.3 is 9.64 Å². The number of ether oxygens (including phenoxy) is 1. The van der Waals surface area contributed by atoms with E-state index >= 15 is 0 Å². The number of carbonyl (C=O) groups excluding carboxylic acids is 3. The predicted molar refractivity (Wildman–Crippen MR) is 101 cm³/mol. The van der Waals surface area contributed by atoms with E-state index in [1.54, 1.807) is 29.2 Å². The number of hydrazone groups is 1. The van der Waals surface area contributed by atoms with Crippen LogP contribution in [0.1, 0.15) is 46.0 Å². The van der Waals surface area contributed by atoms with Crippen LogP contribution in [0.2, 0.25) is 0 Å². The highest BCUT2D eigenvalue weighted by Gasteiger charge is 2.31. The lowest BCUT2D eigenvalue weighted by Crippen LogP contribution is -2.49. The SMILES string of the molecule is C[C@@H]1CCC[C@H](C)N1C(=O)COC(=O)C1=NN(c2ccccc2)C(=O)CC1. The quantitative estimate of drug-likeness (QED) is 0.762. The maximum absolute atomic E-state index is 12.5. The molecule has 7 heteroatoms. The summed E-state index contributed by atoms with van der Waals surface area (Å²) >= 11 is 0. The van der Waals surface area contributed by atoms with Gasteiger partial charge in [-0.15, -0.1) is 0 Å². The monoisotopic (exact) mass is 371 g/mol. The summed E-state index contributed by atoms with van der Waals surface area (Å²) in [4.78, 5) is 38.8. The maximum atomic E-state index is 12.5. The molecule has 1 saturated heterocycles. The molecule has 27 heavy (non-hydrogen) atoms. The number of anilines is 1. The van der Waals surface area contributed by atoms with Crippen molar-refractivity contribution in [3.8, 4) is 0 Å². The summed E-state index contributed by atoms with van der Waals surface area (Å²) in [5, 5.41) is 5.37. The molecule has 0 saturated carbocycles. The minimum absolute atomic E-state index is 0.151. The topological polar surface area (TPSA) is 79.3 Å². The van der Waals surface area contributed by atoms with Gasteiger partial charge in [-0.3, -0.25) is 9.59 Å². The van der Waals surface area contributed by atoms with Gasteiger partial charge in [-0.1, -0.05) is 18.2 Å². The van der Waals surface area contributed by atoms with Crippen LogP contribution in [0.15, 0.2) is 35.4 Å². The van der Waals surface area contributed by atoms with Crippen molar-refractivity contribution in [3.05, 3.63) is 30.3 Å². The molecular formula is C20H25N3O4. The second kappa shape index (κ2) is 8.33. The van der Waals surface area contributed by atoms with Gasteiger partial charge in [-0.05, 0) is 45.2 Å². The average molecular weight is 371 g/mol. The third-order valence-corrected chi connectivity index (χ3v) is 5.08. The summed E-state index contributed by atoms with van der Waals surface area (Å²) in [5.74, 6) is -1.01. The Balaban J connectivity index is 1.63. The normalized spacial score (nSPS) is 23.0. The van der Waals surface area contributed by atoms with Crippen LogP contribution >= 0.6 is 0 Å². The van der Waals surface area contributed by atoms with Gasteiger partial charge in [-0.2, -0.15) is 5.10 Å². The first-order valence-electron chi connectivity index (χ1n) is 9.41. The zero-order valence-corrected chi connectivity index (χ0v) is 15.8. The molecule has 2 aliphatic heterocycles. The number of nitrogens with zero attached hydrogens (tertiary/aromatic N) is 3.